The van der Waals surface area contributed by atoms with Gasteiger partial charge in [-0.05, 0) is 122 Å². The number of benzene rings is 1. The highest BCUT2D eigenvalue weighted by molar-refractivity contribution is 6.00. The molecule has 3 amide bonds. The Hall–Kier alpha value is -2.89. The second-order valence-corrected chi connectivity index (χ2v) is 18.2. The number of urea groups is 1. The van der Waals surface area contributed by atoms with Crippen LogP contribution >= 0.6 is 0 Å². The molecule has 3 N–H and O–H groups in total. The van der Waals surface area contributed by atoms with E-state index in [0.717, 1.165) is 74.6 Å². The second-order valence-electron chi connectivity index (χ2n) is 18.2. The van der Waals surface area contributed by atoms with Crippen LogP contribution in [0.3, 0.4) is 0 Å². The topological polar surface area (TPSA) is 87.3 Å². The van der Waals surface area contributed by atoms with E-state index < -0.39 is 5.41 Å². The van der Waals surface area contributed by atoms with E-state index in [1.54, 1.807) is 0 Å². The molecule has 0 heterocycles. The lowest BCUT2D eigenvalue weighted by Crippen LogP contribution is -2.65. The quantitative estimate of drug-likeness (QED) is 0.171. The Labute approximate surface area is 283 Å². The van der Waals surface area contributed by atoms with Gasteiger partial charge < -0.3 is 16.0 Å². The zero-order valence-corrected chi connectivity index (χ0v) is 30.3. The SMILES string of the molecule is C=C1C[C@]2(C)[C@H]3CC=C4[C@@H]5CC(C)(C)CC[C@]5(C(=O)NCCNC(=O)Nc5ccc(C)cc5)CC[C@@]4(C)[C@]3(C)CC[C@H]2C(C)(C)C1=O. The molecule has 0 radical (unpaired) electrons. The lowest BCUT2D eigenvalue weighted by Gasteiger charge is -2.70. The zero-order valence-electron chi connectivity index (χ0n) is 30.3. The minimum Gasteiger partial charge on any atom is -0.354 e. The largest absolute Gasteiger partial charge is 0.354 e. The highest BCUT2D eigenvalue weighted by atomic mass is 16.2. The van der Waals surface area contributed by atoms with Gasteiger partial charge in [-0.1, -0.05) is 84.4 Å². The Morgan fingerprint density at radius 2 is 1.53 bits per heavy atom. The molecule has 5 aliphatic rings. The van der Waals surface area contributed by atoms with Crippen molar-refractivity contribution in [1.82, 2.24) is 10.6 Å². The van der Waals surface area contributed by atoms with Crippen LogP contribution in [0.5, 0.6) is 0 Å². The average molecular weight is 642 g/mol. The molecule has 1 aromatic carbocycles. The Bertz CT molecular complexity index is 1510. The number of fused-ring (bicyclic) bond motifs is 7. The fraction of sp³-hybridized carbons (Fsp3) is 0.683. The van der Waals surface area contributed by atoms with Gasteiger partial charge >= 0.3 is 6.03 Å². The Morgan fingerprint density at radius 1 is 0.872 bits per heavy atom. The second kappa shape index (κ2) is 11.3. The lowest BCUT2D eigenvalue weighted by atomic mass is 9.33. The van der Waals surface area contributed by atoms with E-state index in [9.17, 15) is 14.4 Å². The molecule has 7 atom stereocenters. The maximum absolute atomic E-state index is 14.3. The van der Waals surface area contributed by atoms with Crippen LogP contribution in [0.2, 0.25) is 0 Å². The van der Waals surface area contributed by atoms with Gasteiger partial charge in [-0.15, -0.1) is 0 Å². The number of nitrogens with one attached hydrogen (secondary N) is 3. The number of hydrogen-bond donors (Lipinski definition) is 3. The molecule has 1 aromatic rings. The molecule has 0 aliphatic heterocycles. The van der Waals surface area contributed by atoms with Gasteiger partial charge in [0.25, 0.3) is 0 Å². The molecule has 47 heavy (non-hydrogen) atoms. The smallest absolute Gasteiger partial charge is 0.319 e. The molecule has 0 unspecified atom stereocenters. The molecule has 4 fully saturated rings. The number of aryl methyl sites for hydroxylation is 1. The standard InChI is InChI=1S/C41H59N3O3/c1-26-10-12-28(13-11-26)44-35(47)43-23-22-42-34(46)41-20-18-36(3,4)25-30(41)29-14-15-32-38(7)24-27(2)33(45)37(5,6)31(38)16-17-40(32,9)39(29,8)19-21-41/h10-14,30-32H,2,15-25H2,1,3-9H3,(H,42,46)(H2,43,44,47)/t30-,31-,32+,38-,39+,40+,41-/m0/s1. The molecule has 0 bridgehead atoms. The van der Waals surface area contributed by atoms with Crippen LogP contribution in [0.25, 0.3) is 0 Å². The predicted octanol–water partition coefficient (Wildman–Crippen LogP) is 8.77. The first-order valence-corrected chi connectivity index (χ1v) is 18.2. The fourth-order valence-electron chi connectivity index (χ4n) is 11.9. The van der Waals surface area contributed by atoms with Gasteiger partial charge in [0.1, 0.15) is 0 Å². The van der Waals surface area contributed by atoms with E-state index in [4.69, 9.17) is 0 Å². The van der Waals surface area contributed by atoms with Crippen LogP contribution in [0.1, 0.15) is 112 Å². The number of allylic oxidation sites excluding steroid dienone is 3. The number of ketones is 1. The Kier molecular flexibility index (Phi) is 8.20. The Morgan fingerprint density at radius 3 is 2.23 bits per heavy atom. The minimum atomic E-state index is -0.414. The third-order valence-electron chi connectivity index (χ3n) is 14.7. The zero-order chi connectivity index (χ0) is 34.2. The van der Waals surface area contributed by atoms with E-state index in [-0.39, 0.29) is 50.7 Å². The number of Topliss-reactive ketones (excluding diaryl/α,β-unsaturated/α-hetero) is 1. The van der Waals surface area contributed by atoms with Crippen LogP contribution in [-0.2, 0) is 9.59 Å². The summed E-state index contributed by atoms with van der Waals surface area (Å²) in [6.07, 6.45) is 11.5. The van der Waals surface area contributed by atoms with Crippen LogP contribution in [0.15, 0.2) is 48.1 Å². The maximum atomic E-state index is 14.3. The van der Waals surface area contributed by atoms with E-state index >= 15 is 0 Å². The van der Waals surface area contributed by atoms with Crippen LogP contribution in [0, 0.1) is 57.2 Å². The predicted molar refractivity (Wildman–Crippen MR) is 190 cm³/mol. The monoisotopic (exact) mass is 641 g/mol. The molecular formula is C41H59N3O3. The van der Waals surface area contributed by atoms with E-state index in [1.807, 2.05) is 31.2 Å². The molecule has 256 valence electrons. The molecule has 6 nitrogen and oxygen atoms in total. The average Bonchev–Trinajstić information content (AvgIpc) is 2.99. The van der Waals surface area contributed by atoms with Gasteiger partial charge in [-0.2, -0.15) is 0 Å². The molecule has 5 aliphatic carbocycles. The first-order valence-electron chi connectivity index (χ1n) is 18.2. The van der Waals surface area contributed by atoms with Crippen molar-refractivity contribution in [3.63, 3.8) is 0 Å². The third-order valence-corrected chi connectivity index (χ3v) is 14.7. The van der Waals surface area contributed by atoms with E-state index in [1.165, 1.54) is 5.57 Å². The first-order chi connectivity index (χ1) is 21.9. The third kappa shape index (κ3) is 5.22. The van der Waals surface area contributed by atoms with Gasteiger partial charge in [0.05, 0.1) is 5.41 Å². The van der Waals surface area contributed by atoms with Crippen molar-refractivity contribution < 1.29 is 14.4 Å². The van der Waals surface area contributed by atoms with Crippen molar-refractivity contribution in [2.45, 2.75) is 113 Å². The summed E-state index contributed by atoms with van der Waals surface area (Å²) in [7, 11) is 0. The summed E-state index contributed by atoms with van der Waals surface area (Å²) in [6.45, 7) is 23.8. The van der Waals surface area contributed by atoms with Crippen LogP contribution in [0.4, 0.5) is 10.5 Å². The van der Waals surface area contributed by atoms with E-state index in [0.29, 0.717) is 24.9 Å². The molecule has 4 saturated carbocycles. The van der Waals surface area contributed by atoms with Gasteiger partial charge in [-0.25, -0.2) is 4.79 Å². The molecular weight excluding hydrogens is 582 g/mol. The van der Waals surface area contributed by atoms with Crippen LogP contribution in [-0.4, -0.2) is 30.8 Å². The Balaban J connectivity index is 1.22. The fourth-order valence-corrected chi connectivity index (χ4v) is 11.9. The van der Waals surface area contributed by atoms with Crippen molar-refractivity contribution in [3.05, 3.63) is 53.6 Å². The molecule has 0 aromatic heterocycles. The number of anilines is 1. The normalized spacial score (nSPS) is 38.5. The summed E-state index contributed by atoms with van der Waals surface area (Å²) in [5.41, 5.74) is 3.76. The molecule has 6 heteroatoms. The first kappa shape index (κ1) is 34.0. The molecule has 0 saturated heterocycles. The summed E-state index contributed by atoms with van der Waals surface area (Å²) >= 11 is 0. The number of carbonyl (C=O) groups excluding carboxylic acids is 3. The summed E-state index contributed by atoms with van der Waals surface area (Å²) < 4.78 is 0. The van der Waals surface area contributed by atoms with Crippen molar-refractivity contribution in [3.8, 4) is 0 Å². The number of hydrogen-bond acceptors (Lipinski definition) is 3. The van der Waals surface area contributed by atoms with Crippen molar-refractivity contribution in [2.75, 3.05) is 18.4 Å². The number of carbonyl (C=O) groups is 3. The highest BCUT2D eigenvalue weighted by Gasteiger charge is 2.69. The summed E-state index contributed by atoms with van der Waals surface area (Å²) in [5, 5.41) is 9.06. The maximum Gasteiger partial charge on any atom is 0.319 e. The summed E-state index contributed by atoms with van der Waals surface area (Å²) in [4.78, 5) is 40.2. The summed E-state index contributed by atoms with van der Waals surface area (Å²) in [6, 6.07) is 7.45. The minimum absolute atomic E-state index is 0.00825. The lowest BCUT2D eigenvalue weighted by molar-refractivity contribution is -0.179. The summed E-state index contributed by atoms with van der Waals surface area (Å²) in [5.74, 6) is 1.47. The van der Waals surface area contributed by atoms with Gasteiger partial charge in [-0.3, -0.25) is 9.59 Å². The van der Waals surface area contributed by atoms with Gasteiger partial charge in [0, 0.05) is 24.2 Å². The van der Waals surface area contributed by atoms with Crippen LogP contribution < -0.4 is 16.0 Å². The highest BCUT2D eigenvalue weighted by Crippen LogP contribution is 2.75. The number of amides is 3. The molecule has 0 spiro atoms. The number of rotatable bonds is 5. The van der Waals surface area contributed by atoms with Gasteiger partial charge in [0.15, 0.2) is 5.78 Å². The molecule has 6 rings (SSSR count). The van der Waals surface area contributed by atoms with Crippen molar-refractivity contribution >= 4 is 23.4 Å². The van der Waals surface area contributed by atoms with E-state index in [2.05, 4.69) is 77.1 Å². The van der Waals surface area contributed by atoms with Crippen molar-refractivity contribution in [1.29, 1.82) is 0 Å². The van der Waals surface area contributed by atoms with Crippen molar-refractivity contribution in [2.24, 2.45) is 50.2 Å². The van der Waals surface area contributed by atoms with Gasteiger partial charge in [0.2, 0.25) is 5.91 Å².